The fourth-order valence-corrected chi connectivity index (χ4v) is 3.13. The van der Waals surface area contributed by atoms with E-state index in [-0.39, 0.29) is 11.9 Å². The SMILES string of the molecule is C[C@@H](N)[C@@H]1CCCN(C(=O)CCOc2ccc(Cl)cc2Cl)C1. The van der Waals surface area contributed by atoms with E-state index in [1.807, 2.05) is 11.8 Å². The maximum atomic E-state index is 12.2. The Bertz CT molecular complexity index is 523. The number of piperidine rings is 1. The number of halogens is 2. The summed E-state index contributed by atoms with van der Waals surface area (Å²) in [5.74, 6) is 1.05. The molecule has 2 N–H and O–H groups in total. The van der Waals surface area contributed by atoms with Crippen LogP contribution >= 0.6 is 23.2 Å². The number of nitrogens with two attached hydrogens (primary N) is 1. The zero-order valence-corrected chi connectivity index (χ0v) is 14.2. The average molecular weight is 345 g/mol. The molecule has 1 aromatic carbocycles. The monoisotopic (exact) mass is 344 g/mol. The number of amides is 1. The van der Waals surface area contributed by atoms with Crippen molar-refractivity contribution < 1.29 is 9.53 Å². The van der Waals surface area contributed by atoms with Gasteiger partial charge >= 0.3 is 0 Å². The molecular formula is C16H22Cl2N2O2. The van der Waals surface area contributed by atoms with Crippen LogP contribution in [-0.2, 0) is 4.79 Å². The molecule has 6 heteroatoms. The molecule has 1 saturated heterocycles. The molecule has 0 aromatic heterocycles. The molecule has 1 aromatic rings. The molecule has 0 radical (unpaired) electrons. The van der Waals surface area contributed by atoms with Gasteiger partial charge in [0.2, 0.25) is 5.91 Å². The van der Waals surface area contributed by atoms with Gasteiger partial charge in [0.05, 0.1) is 18.1 Å². The quantitative estimate of drug-likeness (QED) is 0.890. The molecule has 122 valence electrons. The van der Waals surface area contributed by atoms with Crippen LogP contribution in [0.25, 0.3) is 0 Å². The molecule has 1 heterocycles. The van der Waals surface area contributed by atoms with E-state index in [9.17, 15) is 4.79 Å². The number of hydrogen-bond acceptors (Lipinski definition) is 3. The summed E-state index contributed by atoms with van der Waals surface area (Å²) in [5.41, 5.74) is 5.95. The van der Waals surface area contributed by atoms with Gasteiger partial charge in [0, 0.05) is 24.2 Å². The molecule has 0 saturated carbocycles. The molecule has 0 spiro atoms. The normalized spacial score (nSPS) is 19.8. The number of likely N-dealkylation sites (tertiary alicyclic amines) is 1. The van der Waals surface area contributed by atoms with Crippen LogP contribution in [0, 0.1) is 5.92 Å². The van der Waals surface area contributed by atoms with Gasteiger partial charge in [-0.15, -0.1) is 0 Å². The minimum atomic E-state index is 0.107. The lowest BCUT2D eigenvalue weighted by molar-refractivity contribution is -0.133. The standard InChI is InChI=1S/C16H22Cl2N2O2/c1-11(19)12-3-2-7-20(10-12)16(21)6-8-22-15-5-4-13(17)9-14(15)18/h4-5,9,11-12H,2-3,6-8,10,19H2,1H3/t11-,12-/m1/s1. The van der Waals surface area contributed by atoms with Crippen LogP contribution in [0.4, 0.5) is 0 Å². The van der Waals surface area contributed by atoms with Crippen LogP contribution in [-0.4, -0.2) is 36.5 Å². The van der Waals surface area contributed by atoms with Crippen molar-refractivity contribution in [1.82, 2.24) is 4.90 Å². The van der Waals surface area contributed by atoms with Crippen molar-refractivity contribution in [2.24, 2.45) is 11.7 Å². The predicted molar refractivity (Wildman–Crippen MR) is 89.5 cm³/mol. The molecule has 4 nitrogen and oxygen atoms in total. The number of carbonyl (C=O) groups is 1. The van der Waals surface area contributed by atoms with E-state index in [4.69, 9.17) is 33.7 Å². The van der Waals surface area contributed by atoms with Crippen molar-refractivity contribution in [3.8, 4) is 5.75 Å². The minimum Gasteiger partial charge on any atom is -0.491 e. The van der Waals surface area contributed by atoms with Crippen LogP contribution < -0.4 is 10.5 Å². The van der Waals surface area contributed by atoms with Crippen molar-refractivity contribution >= 4 is 29.1 Å². The Morgan fingerprint density at radius 1 is 1.50 bits per heavy atom. The maximum absolute atomic E-state index is 12.2. The number of ether oxygens (including phenoxy) is 1. The number of benzene rings is 1. The smallest absolute Gasteiger partial charge is 0.226 e. The molecule has 0 bridgehead atoms. The molecular weight excluding hydrogens is 323 g/mol. The third-order valence-corrected chi connectivity index (χ3v) is 4.55. The largest absolute Gasteiger partial charge is 0.491 e. The van der Waals surface area contributed by atoms with Gasteiger partial charge in [0.25, 0.3) is 0 Å². The average Bonchev–Trinajstić information content (AvgIpc) is 2.49. The van der Waals surface area contributed by atoms with Gasteiger partial charge in [0.1, 0.15) is 5.75 Å². The lowest BCUT2D eigenvalue weighted by atomic mass is 9.92. The molecule has 1 fully saturated rings. The van der Waals surface area contributed by atoms with E-state index in [0.29, 0.717) is 34.7 Å². The first-order valence-electron chi connectivity index (χ1n) is 7.58. The number of carbonyl (C=O) groups excluding carboxylic acids is 1. The maximum Gasteiger partial charge on any atom is 0.226 e. The Labute approximate surface area is 141 Å². The molecule has 0 unspecified atom stereocenters. The van der Waals surface area contributed by atoms with Gasteiger partial charge < -0.3 is 15.4 Å². The molecule has 1 aliphatic heterocycles. The van der Waals surface area contributed by atoms with Crippen LogP contribution in [0.5, 0.6) is 5.75 Å². The highest BCUT2D eigenvalue weighted by Gasteiger charge is 2.25. The summed E-state index contributed by atoms with van der Waals surface area (Å²) < 4.78 is 5.56. The number of hydrogen-bond donors (Lipinski definition) is 1. The Balaban J connectivity index is 1.80. The summed E-state index contributed by atoms with van der Waals surface area (Å²) in [4.78, 5) is 14.1. The van der Waals surface area contributed by atoms with Gasteiger partial charge in [-0.1, -0.05) is 23.2 Å². The van der Waals surface area contributed by atoms with Crippen molar-refractivity contribution in [1.29, 1.82) is 0 Å². The second-order valence-corrected chi connectivity index (χ2v) is 6.62. The number of nitrogens with zero attached hydrogens (tertiary/aromatic N) is 1. The minimum absolute atomic E-state index is 0.107. The first kappa shape index (κ1) is 17.4. The molecule has 1 aliphatic rings. The highest BCUT2D eigenvalue weighted by atomic mass is 35.5. The Hall–Kier alpha value is -0.970. The third kappa shape index (κ3) is 4.77. The highest BCUT2D eigenvalue weighted by Crippen LogP contribution is 2.27. The lowest BCUT2D eigenvalue weighted by Gasteiger charge is -2.34. The van der Waals surface area contributed by atoms with Crippen LogP contribution in [0.1, 0.15) is 26.2 Å². The molecule has 0 aliphatic carbocycles. The second kappa shape index (κ2) is 8.04. The molecule has 2 atom stereocenters. The van der Waals surface area contributed by atoms with Crippen LogP contribution in [0.2, 0.25) is 10.0 Å². The van der Waals surface area contributed by atoms with E-state index >= 15 is 0 Å². The first-order chi connectivity index (χ1) is 10.5. The Morgan fingerprint density at radius 3 is 2.95 bits per heavy atom. The fraction of sp³-hybridized carbons (Fsp3) is 0.562. The van der Waals surface area contributed by atoms with Gasteiger partial charge in [-0.3, -0.25) is 4.79 Å². The first-order valence-corrected chi connectivity index (χ1v) is 8.34. The van der Waals surface area contributed by atoms with E-state index in [0.717, 1.165) is 25.9 Å². The summed E-state index contributed by atoms with van der Waals surface area (Å²) in [6, 6.07) is 5.17. The van der Waals surface area contributed by atoms with E-state index in [2.05, 4.69) is 0 Å². The van der Waals surface area contributed by atoms with Gasteiger partial charge in [-0.25, -0.2) is 0 Å². The lowest BCUT2D eigenvalue weighted by Crippen LogP contribution is -2.45. The summed E-state index contributed by atoms with van der Waals surface area (Å²) in [6.45, 7) is 3.87. The third-order valence-electron chi connectivity index (χ3n) is 4.02. The van der Waals surface area contributed by atoms with Gasteiger partial charge in [0.15, 0.2) is 0 Å². The highest BCUT2D eigenvalue weighted by molar-refractivity contribution is 6.35. The fourth-order valence-electron chi connectivity index (χ4n) is 2.66. The molecule has 2 rings (SSSR count). The van der Waals surface area contributed by atoms with E-state index in [1.54, 1.807) is 18.2 Å². The van der Waals surface area contributed by atoms with Crippen LogP contribution in [0.15, 0.2) is 18.2 Å². The van der Waals surface area contributed by atoms with Crippen molar-refractivity contribution in [3.63, 3.8) is 0 Å². The molecule has 1 amide bonds. The van der Waals surface area contributed by atoms with E-state index in [1.165, 1.54) is 0 Å². The summed E-state index contributed by atoms with van der Waals surface area (Å²) in [6.07, 6.45) is 2.45. The van der Waals surface area contributed by atoms with Crippen molar-refractivity contribution in [2.45, 2.75) is 32.2 Å². The summed E-state index contributed by atoms with van der Waals surface area (Å²) >= 11 is 11.9. The molecule has 22 heavy (non-hydrogen) atoms. The second-order valence-electron chi connectivity index (χ2n) is 5.77. The van der Waals surface area contributed by atoms with Gasteiger partial charge in [-0.2, -0.15) is 0 Å². The topological polar surface area (TPSA) is 55.6 Å². The zero-order valence-electron chi connectivity index (χ0n) is 12.7. The summed E-state index contributed by atoms with van der Waals surface area (Å²) in [7, 11) is 0. The van der Waals surface area contributed by atoms with E-state index < -0.39 is 0 Å². The Kier molecular flexibility index (Phi) is 6.36. The Morgan fingerprint density at radius 2 is 2.27 bits per heavy atom. The predicted octanol–water partition coefficient (Wildman–Crippen LogP) is 3.35. The van der Waals surface area contributed by atoms with Crippen molar-refractivity contribution in [3.05, 3.63) is 28.2 Å². The van der Waals surface area contributed by atoms with Crippen molar-refractivity contribution in [2.75, 3.05) is 19.7 Å². The summed E-state index contributed by atoms with van der Waals surface area (Å²) in [5, 5.41) is 1.01. The zero-order chi connectivity index (χ0) is 16.1. The number of rotatable bonds is 5. The van der Waals surface area contributed by atoms with Crippen LogP contribution in [0.3, 0.4) is 0 Å². The van der Waals surface area contributed by atoms with Gasteiger partial charge in [-0.05, 0) is 43.9 Å².